The fraction of sp³-hybridized carbons (Fsp3) is 0.464. The molecule has 3 aliphatic carbocycles. The van der Waals surface area contributed by atoms with E-state index < -0.39 is 12.1 Å². The highest BCUT2D eigenvalue weighted by molar-refractivity contribution is 5.82. The van der Waals surface area contributed by atoms with Crippen molar-refractivity contribution in [3.8, 4) is 11.1 Å². The van der Waals surface area contributed by atoms with Crippen molar-refractivity contribution in [1.82, 2.24) is 10.2 Å². The van der Waals surface area contributed by atoms with Gasteiger partial charge < -0.3 is 20.1 Å². The Balaban J connectivity index is 0.960. The van der Waals surface area contributed by atoms with Gasteiger partial charge in [-0.2, -0.15) is 0 Å². The van der Waals surface area contributed by atoms with Gasteiger partial charge in [0.2, 0.25) is 5.91 Å². The average molecular weight is 475 g/mol. The molecule has 1 heterocycles. The molecule has 0 aromatic heterocycles. The first-order valence-electron chi connectivity index (χ1n) is 12.6. The van der Waals surface area contributed by atoms with E-state index in [0.717, 1.165) is 25.7 Å². The molecule has 3 fully saturated rings. The van der Waals surface area contributed by atoms with Gasteiger partial charge in [-0.25, -0.2) is 4.79 Å². The summed E-state index contributed by atoms with van der Waals surface area (Å²) in [5, 5.41) is 12.1. The predicted octanol–water partition coefficient (Wildman–Crippen LogP) is 3.87. The first-order valence-corrected chi connectivity index (χ1v) is 12.6. The second kappa shape index (κ2) is 8.40. The van der Waals surface area contributed by atoms with Gasteiger partial charge in [-0.1, -0.05) is 48.5 Å². The topological polar surface area (TPSA) is 95.9 Å². The van der Waals surface area contributed by atoms with Gasteiger partial charge in [0.1, 0.15) is 6.61 Å². The van der Waals surface area contributed by atoms with Crippen molar-refractivity contribution >= 4 is 18.0 Å². The van der Waals surface area contributed by atoms with E-state index in [1.807, 2.05) is 29.2 Å². The molecule has 35 heavy (non-hydrogen) atoms. The molecule has 7 nitrogen and oxygen atoms in total. The number of rotatable bonds is 6. The number of aliphatic carboxylic acids is 1. The predicted molar refractivity (Wildman–Crippen MR) is 129 cm³/mol. The van der Waals surface area contributed by atoms with Gasteiger partial charge in [0.25, 0.3) is 0 Å². The minimum Gasteiger partial charge on any atom is -0.481 e. The third-order valence-corrected chi connectivity index (χ3v) is 8.65. The zero-order chi connectivity index (χ0) is 24.2. The van der Waals surface area contributed by atoms with E-state index in [1.54, 1.807) is 0 Å². The number of benzene rings is 2. The van der Waals surface area contributed by atoms with Gasteiger partial charge in [0, 0.05) is 31.5 Å². The number of piperidine rings is 1. The van der Waals surface area contributed by atoms with Crippen LogP contribution >= 0.6 is 0 Å². The number of ether oxygens (including phenoxy) is 1. The molecule has 7 heteroatoms. The standard InChI is InChI=1S/C28H30N2O5/c31-25(30-11-9-28(10-12-30)14-24(28)26(32)33)22-13-17(22)15-29-27(34)35-16-23-20-7-3-1-5-18(20)19-6-2-4-8-21(19)23/h1-8,17,22-24H,9-16H2,(H,29,34)(H,32,33). The van der Waals surface area contributed by atoms with Crippen LogP contribution in [0, 0.1) is 23.2 Å². The normalized spacial score (nSPS) is 25.5. The van der Waals surface area contributed by atoms with Crippen molar-refractivity contribution in [3.05, 3.63) is 59.7 Å². The number of likely N-dealkylation sites (tertiary alicyclic amines) is 1. The number of fused-ring (bicyclic) bond motifs is 3. The van der Waals surface area contributed by atoms with Gasteiger partial charge in [-0.3, -0.25) is 9.59 Å². The summed E-state index contributed by atoms with van der Waals surface area (Å²) in [5.41, 5.74) is 4.68. The van der Waals surface area contributed by atoms with Crippen LogP contribution in [0.5, 0.6) is 0 Å². The SMILES string of the molecule is O=C(NCC1CC1C(=O)N1CCC2(CC1)CC2C(=O)O)OCC1c2ccccc2-c2ccccc21. The Hall–Kier alpha value is -3.35. The van der Waals surface area contributed by atoms with Crippen LogP contribution in [0.1, 0.15) is 42.7 Å². The Morgan fingerprint density at radius 1 is 1.00 bits per heavy atom. The Bertz CT molecular complexity index is 1140. The molecule has 3 atom stereocenters. The van der Waals surface area contributed by atoms with E-state index in [4.69, 9.17) is 4.74 Å². The Kier molecular flexibility index (Phi) is 5.31. The fourth-order valence-electron chi connectivity index (χ4n) is 6.30. The monoisotopic (exact) mass is 474 g/mol. The summed E-state index contributed by atoms with van der Waals surface area (Å²) in [6, 6.07) is 16.5. The molecule has 0 radical (unpaired) electrons. The average Bonchev–Trinajstić information content (AvgIpc) is 3.78. The van der Waals surface area contributed by atoms with Gasteiger partial charge in [-0.15, -0.1) is 0 Å². The summed E-state index contributed by atoms with van der Waals surface area (Å²) in [5.74, 6) is -0.662. The van der Waals surface area contributed by atoms with Crippen LogP contribution in [0.4, 0.5) is 4.79 Å². The number of hydrogen-bond acceptors (Lipinski definition) is 4. The lowest BCUT2D eigenvalue weighted by atomic mass is 9.90. The van der Waals surface area contributed by atoms with Crippen molar-refractivity contribution in [3.63, 3.8) is 0 Å². The molecule has 6 rings (SSSR count). The number of carbonyl (C=O) groups excluding carboxylic acids is 2. The van der Waals surface area contributed by atoms with Crippen LogP contribution in [0.2, 0.25) is 0 Å². The van der Waals surface area contributed by atoms with E-state index in [1.165, 1.54) is 22.3 Å². The summed E-state index contributed by atoms with van der Waals surface area (Å²) in [6.07, 6.45) is 2.65. The van der Waals surface area contributed by atoms with Crippen molar-refractivity contribution in [2.24, 2.45) is 23.2 Å². The molecule has 2 saturated carbocycles. The van der Waals surface area contributed by atoms with Crippen molar-refractivity contribution in [2.75, 3.05) is 26.2 Å². The molecule has 2 N–H and O–H groups in total. The summed E-state index contributed by atoms with van der Waals surface area (Å²) in [7, 11) is 0. The number of hydrogen-bond donors (Lipinski definition) is 2. The fourth-order valence-corrected chi connectivity index (χ4v) is 6.30. The number of amides is 2. The zero-order valence-corrected chi connectivity index (χ0v) is 19.6. The third kappa shape index (κ3) is 3.97. The Morgan fingerprint density at radius 2 is 1.63 bits per heavy atom. The highest BCUT2D eigenvalue weighted by Crippen LogP contribution is 2.59. The smallest absolute Gasteiger partial charge is 0.407 e. The molecule has 1 saturated heterocycles. The molecule has 1 spiro atoms. The zero-order valence-electron chi connectivity index (χ0n) is 19.6. The van der Waals surface area contributed by atoms with E-state index in [0.29, 0.717) is 19.6 Å². The summed E-state index contributed by atoms with van der Waals surface area (Å²) in [4.78, 5) is 38.4. The van der Waals surface area contributed by atoms with Crippen LogP contribution in [0.15, 0.2) is 48.5 Å². The number of alkyl carbamates (subject to hydrolysis) is 1. The number of nitrogens with zero attached hydrogens (tertiary/aromatic N) is 1. The number of carboxylic acid groups (broad SMARTS) is 1. The second-order valence-corrected chi connectivity index (χ2v) is 10.6. The minimum atomic E-state index is -0.702. The van der Waals surface area contributed by atoms with Crippen LogP contribution in [0.3, 0.4) is 0 Å². The number of nitrogens with one attached hydrogen (secondary N) is 1. The van der Waals surface area contributed by atoms with Crippen molar-refractivity contribution < 1.29 is 24.2 Å². The maximum Gasteiger partial charge on any atom is 0.407 e. The van der Waals surface area contributed by atoms with Crippen LogP contribution in [-0.4, -0.2) is 54.2 Å². The highest BCUT2D eigenvalue weighted by Gasteiger charge is 2.59. The minimum absolute atomic E-state index is 0.0259. The highest BCUT2D eigenvalue weighted by atomic mass is 16.5. The molecule has 2 amide bonds. The van der Waals surface area contributed by atoms with Gasteiger partial charge in [0.15, 0.2) is 0 Å². The second-order valence-electron chi connectivity index (χ2n) is 10.6. The van der Waals surface area contributed by atoms with Gasteiger partial charge in [0.05, 0.1) is 5.92 Å². The molecule has 2 aromatic carbocycles. The molecular formula is C28H30N2O5. The first kappa shape index (κ1) is 22.1. The lowest BCUT2D eigenvalue weighted by molar-refractivity contribution is -0.140. The first-order chi connectivity index (χ1) is 17.0. The quantitative estimate of drug-likeness (QED) is 0.663. The summed E-state index contributed by atoms with van der Waals surface area (Å²) in [6.45, 7) is 2.00. The van der Waals surface area contributed by atoms with E-state index in [-0.39, 0.29) is 41.6 Å². The van der Waals surface area contributed by atoms with Crippen LogP contribution in [0.25, 0.3) is 11.1 Å². The molecule has 3 unspecified atom stereocenters. The molecule has 1 aliphatic heterocycles. The van der Waals surface area contributed by atoms with Crippen LogP contribution < -0.4 is 5.32 Å². The third-order valence-electron chi connectivity index (χ3n) is 8.65. The van der Waals surface area contributed by atoms with Gasteiger partial charge >= 0.3 is 12.1 Å². The molecular weight excluding hydrogens is 444 g/mol. The van der Waals surface area contributed by atoms with Crippen LogP contribution in [-0.2, 0) is 14.3 Å². The van der Waals surface area contributed by atoms with Gasteiger partial charge in [-0.05, 0) is 59.3 Å². The molecule has 0 bridgehead atoms. The van der Waals surface area contributed by atoms with E-state index >= 15 is 0 Å². The molecule has 4 aliphatic rings. The van der Waals surface area contributed by atoms with Crippen molar-refractivity contribution in [2.45, 2.75) is 31.6 Å². The Labute approximate surface area is 204 Å². The Morgan fingerprint density at radius 3 is 2.23 bits per heavy atom. The van der Waals surface area contributed by atoms with E-state index in [9.17, 15) is 19.5 Å². The maximum absolute atomic E-state index is 12.9. The van der Waals surface area contributed by atoms with E-state index in [2.05, 4.69) is 29.6 Å². The summed E-state index contributed by atoms with van der Waals surface area (Å²) < 4.78 is 5.60. The number of carbonyl (C=O) groups is 3. The summed E-state index contributed by atoms with van der Waals surface area (Å²) >= 11 is 0. The molecule has 182 valence electrons. The largest absolute Gasteiger partial charge is 0.481 e. The molecule has 2 aromatic rings. The van der Waals surface area contributed by atoms with Crippen molar-refractivity contribution in [1.29, 1.82) is 0 Å². The lowest BCUT2D eigenvalue weighted by Gasteiger charge is -2.33. The lowest BCUT2D eigenvalue weighted by Crippen LogP contribution is -2.41. The number of carboxylic acids is 1. The maximum atomic E-state index is 12.9.